The van der Waals surface area contributed by atoms with Crippen LogP contribution < -0.4 is 5.43 Å². The number of hydrogen-bond donors (Lipinski definition) is 1. The monoisotopic (exact) mass is 272 g/mol. The summed E-state index contributed by atoms with van der Waals surface area (Å²) in [4.78, 5) is 13.5. The molecule has 0 atom stereocenters. The number of nitrogens with one attached hydrogen (secondary N) is 1. The van der Waals surface area contributed by atoms with Crippen LogP contribution in [-0.2, 0) is 7.05 Å². The van der Waals surface area contributed by atoms with Crippen molar-refractivity contribution in [1.82, 2.24) is 14.8 Å². The van der Waals surface area contributed by atoms with E-state index in [1.165, 1.54) is 17.9 Å². The van der Waals surface area contributed by atoms with E-state index >= 15 is 0 Å². The van der Waals surface area contributed by atoms with Crippen molar-refractivity contribution in [2.75, 3.05) is 5.43 Å². The first-order valence-electron chi connectivity index (χ1n) is 5.73. The largest absolute Gasteiger partial charge is 0.493 e. The van der Waals surface area contributed by atoms with Gasteiger partial charge in [0.2, 0.25) is 0 Å². The number of nitro groups is 1. The number of aryl methyl sites for hydroxylation is 1. The molecule has 1 N–H and O–H groups in total. The summed E-state index contributed by atoms with van der Waals surface area (Å²) < 4.78 is 1.25. The van der Waals surface area contributed by atoms with Gasteiger partial charge in [-0.2, -0.15) is 9.78 Å². The third-order valence-electron chi connectivity index (χ3n) is 2.33. The minimum Gasteiger partial charge on any atom is -0.390 e. The van der Waals surface area contributed by atoms with Gasteiger partial charge in [0.15, 0.2) is 0 Å². The Balaban J connectivity index is 1.93. The lowest BCUT2D eigenvalue weighted by molar-refractivity contribution is -0.394. The lowest BCUT2D eigenvalue weighted by atomic mass is 10.2. The zero-order valence-corrected chi connectivity index (χ0v) is 10.7. The van der Waals surface area contributed by atoms with E-state index in [1.807, 2.05) is 36.4 Å². The van der Waals surface area contributed by atoms with Crippen LogP contribution in [0.15, 0.2) is 41.5 Å². The first-order chi connectivity index (χ1) is 9.66. The summed E-state index contributed by atoms with van der Waals surface area (Å²) in [5, 5.41) is 18.0. The van der Waals surface area contributed by atoms with E-state index in [-0.39, 0.29) is 5.95 Å². The molecule has 20 heavy (non-hydrogen) atoms. The average molecular weight is 272 g/mol. The molecule has 1 heterocycles. The highest BCUT2D eigenvalue weighted by atomic mass is 16.6. The lowest BCUT2D eigenvalue weighted by Crippen LogP contribution is -1.99. The van der Waals surface area contributed by atoms with Gasteiger partial charge < -0.3 is 10.1 Å². The maximum Gasteiger partial charge on any atom is 0.493 e. The molecule has 1 aromatic carbocycles. The van der Waals surface area contributed by atoms with Gasteiger partial charge in [-0.25, -0.2) is 5.43 Å². The van der Waals surface area contributed by atoms with Gasteiger partial charge in [-0.15, -0.1) is 0 Å². The second-order valence-electron chi connectivity index (χ2n) is 3.78. The topological polar surface area (TPSA) is 98.2 Å². The Morgan fingerprint density at radius 3 is 2.80 bits per heavy atom. The molecular weight excluding hydrogens is 260 g/mol. The van der Waals surface area contributed by atoms with Crippen molar-refractivity contribution in [3.8, 4) is 0 Å². The van der Waals surface area contributed by atoms with Crippen LogP contribution in [0.25, 0.3) is 6.08 Å². The minimum atomic E-state index is -0.662. The van der Waals surface area contributed by atoms with Gasteiger partial charge >= 0.3 is 11.9 Å². The SMILES string of the molecule is Cn1nc([N+](=O)[O-])nc1N/N=C/C=C/c1ccccc1. The normalized spacial score (nSPS) is 11.2. The molecule has 0 spiro atoms. The van der Waals surface area contributed by atoms with E-state index in [0.717, 1.165) is 5.56 Å². The van der Waals surface area contributed by atoms with Crippen molar-refractivity contribution in [3.05, 3.63) is 52.1 Å². The molecular formula is C12H12N6O2. The van der Waals surface area contributed by atoms with E-state index in [4.69, 9.17) is 0 Å². The summed E-state index contributed by atoms with van der Waals surface area (Å²) in [6.45, 7) is 0. The second-order valence-corrected chi connectivity index (χ2v) is 3.78. The molecule has 0 bridgehead atoms. The van der Waals surface area contributed by atoms with E-state index in [9.17, 15) is 10.1 Å². The Hall–Kier alpha value is -3.03. The molecule has 8 nitrogen and oxygen atoms in total. The molecule has 0 aliphatic heterocycles. The summed E-state index contributed by atoms with van der Waals surface area (Å²) in [6.07, 6.45) is 5.14. The zero-order valence-electron chi connectivity index (χ0n) is 10.7. The molecule has 0 unspecified atom stereocenters. The van der Waals surface area contributed by atoms with Crippen molar-refractivity contribution < 1.29 is 4.92 Å². The molecule has 0 saturated carbocycles. The minimum absolute atomic E-state index is 0.195. The Morgan fingerprint density at radius 1 is 1.40 bits per heavy atom. The van der Waals surface area contributed by atoms with E-state index < -0.39 is 10.9 Å². The molecule has 0 aliphatic carbocycles. The highest BCUT2D eigenvalue weighted by Crippen LogP contribution is 2.08. The number of nitrogens with zero attached hydrogens (tertiary/aromatic N) is 5. The van der Waals surface area contributed by atoms with Gasteiger partial charge in [0, 0.05) is 18.4 Å². The Kier molecular flexibility index (Phi) is 4.17. The number of hydrazone groups is 1. The fourth-order valence-electron chi connectivity index (χ4n) is 1.40. The van der Waals surface area contributed by atoms with Crippen molar-refractivity contribution >= 4 is 24.2 Å². The van der Waals surface area contributed by atoms with Crippen LogP contribution in [0.3, 0.4) is 0 Å². The van der Waals surface area contributed by atoms with Crippen LogP contribution in [0.5, 0.6) is 0 Å². The van der Waals surface area contributed by atoms with Crippen molar-refractivity contribution in [1.29, 1.82) is 0 Å². The summed E-state index contributed by atoms with van der Waals surface area (Å²) in [5.74, 6) is -0.272. The summed E-state index contributed by atoms with van der Waals surface area (Å²) in [7, 11) is 1.54. The third kappa shape index (κ3) is 3.48. The van der Waals surface area contributed by atoms with Crippen LogP contribution in [0.1, 0.15) is 5.56 Å². The first kappa shape index (κ1) is 13.4. The first-order valence-corrected chi connectivity index (χ1v) is 5.73. The van der Waals surface area contributed by atoms with Gasteiger partial charge in [0.1, 0.15) is 0 Å². The summed E-state index contributed by atoms with van der Waals surface area (Å²) >= 11 is 0. The number of rotatable bonds is 5. The zero-order chi connectivity index (χ0) is 14.4. The van der Waals surface area contributed by atoms with Crippen LogP contribution in [-0.4, -0.2) is 25.9 Å². The predicted octanol–water partition coefficient (Wildman–Crippen LogP) is 1.83. The highest BCUT2D eigenvalue weighted by Gasteiger charge is 2.18. The Morgan fingerprint density at radius 2 is 2.15 bits per heavy atom. The molecule has 8 heteroatoms. The Labute approximate surface area is 114 Å². The number of aromatic nitrogens is 3. The molecule has 0 saturated heterocycles. The van der Waals surface area contributed by atoms with Crippen LogP contribution in [0.4, 0.5) is 11.9 Å². The third-order valence-corrected chi connectivity index (χ3v) is 2.33. The number of hydrogen-bond acceptors (Lipinski definition) is 6. The van der Waals surface area contributed by atoms with Crippen LogP contribution in [0, 0.1) is 10.1 Å². The van der Waals surface area contributed by atoms with Crippen molar-refractivity contribution in [2.45, 2.75) is 0 Å². The quantitative estimate of drug-likeness (QED) is 0.508. The maximum atomic E-state index is 10.5. The maximum absolute atomic E-state index is 10.5. The number of benzene rings is 1. The van der Waals surface area contributed by atoms with Crippen LogP contribution >= 0.6 is 0 Å². The van der Waals surface area contributed by atoms with Gasteiger partial charge in [-0.05, 0) is 21.5 Å². The van der Waals surface area contributed by atoms with Gasteiger partial charge in [0.05, 0.1) is 0 Å². The van der Waals surface area contributed by atoms with Crippen LogP contribution in [0.2, 0.25) is 0 Å². The number of allylic oxidation sites excluding steroid dienone is 1. The fourth-order valence-corrected chi connectivity index (χ4v) is 1.40. The van der Waals surface area contributed by atoms with Gasteiger partial charge in [-0.3, -0.25) is 0 Å². The Bertz CT molecular complexity index is 647. The van der Waals surface area contributed by atoms with E-state index in [2.05, 4.69) is 20.6 Å². The van der Waals surface area contributed by atoms with E-state index in [0.29, 0.717) is 0 Å². The highest BCUT2D eigenvalue weighted by molar-refractivity contribution is 5.78. The lowest BCUT2D eigenvalue weighted by Gasteiger charge is -1.91. The molecule has 102 valence electrons. The smallest absolute Gasteiger partial charge is 0.390 e. The molecule has 2 aromatic rings. The summed E-state index contributed by atoms with van der Waals surface area (Å²) in [5.41, 5.74) is 3.63. The molecule has 0 amide bonds. The molecule has 0 fully saturated rings. The van der Waals surface area contributed by atoms with Gasteiger partial charge in [-0.1, -0.05) is 36.4 Å². The standard InChI is InChI=1S/C12H12N6O2/c1-17-11(14-12(16-17)18(19)20)15-13-9-5-8-10-6-3-2-4-7-10/h2-9H,1H3,(H,14,15,16)/b8-5+,13-9+. The predicted molar refractivity (Wildman–Crippen MR) is 75.2 cm³/mol. The summed E-state index contributed by atoms with van der Waals surface area (Å²) in [6, 6.07) is 9.74. The number of anilines is 1. The fraction of sp³-hybridized carbons (Fsp3) is 0.0833. The van der Waals surface area contributed by atoms with E-state index in [1.54, 1.807) is 6.08 Å². The average Bonchev–Trinajstić information content (AvgIpc) is 2.81. The van der Waals surface area contributed by atoms with Crippen molar-refractivity contribution in [2.24, 2.45) is 12.1 Å². The molecule has 0 aliphatic rings. The second kappa shape index (κ2) is 6.23. The molecule has 0 radical (unpaired) electrons. The molecule has 1 aromatic heterocycles. The van der Waals surface area contributed by atoms with Gasteiger partial charge in [0.25, 0.3) is 0 Å². The van der Waals surface area contributed by atoms with Crippen molar-refractivity contribution in [3.63, 3.8) is 0 Å². The molecule has 2 rings (SSSR count).